The molecule has 0 bridgehead atoms. The topological polar surface area (TPSA) is 0 Å². The maximum absolute atomic E-state index is 6.93. The number of aryl methyl sites for hydroxylation is 2. The highest BCUT2D eigenvalue weighted by Gasteiger charge is 1.92. The van der Waals surface area contributed by atoms with Gasteiger partial charge < -0.3 is 0 Å². The molecule has 0 spiro atoms. The summed E-state index contributed by atoms with van der Waals surface area (Å²) < 4.78 is 0. The van der Waals surface area contributed by atoms with Crippen LogP contribution in [0.4, 0.5) is 0 Å². The molecule has 0 saturated carbocycles. The van der Waals surface area contributed by atoms with E-state index in [2.05, 4.69) is 5.92 Å². The molecule has 0 aliphatic carbocycles. The fraction of sp³-hybridized carbons (Fsp3) is 0.200. The second-order valence-electron chi connectivity index (χ2n) is 2.44. The van der Waals surface area contributed by atoms with E-state index in [1.54, 1.807) is 0 Å². The van der Waals surface area contributed by atoms with Crippen molar-refractivity contribution in [2.75, 3.05) is 0 Å². The van der Waals surface area contributed by atoms with Crippen molar-refractivity contribution in [3.05, 3.63) is 41.3 Å². The molecule has 0 nitrogen and oxygen atoms in total. The molecule has 1 aromatic rings. The Labute approximate surface area is 61.9 Å². The van der Waals surface area contributed by atoms with Crippen molar-refractivity contribution in [1.29, 1.82) is 0 Å². The monoisotopic (exact) mass is 129 g/mol. The molecule has 10 heavy (non-hydrogen) atoms. The lowest BCUT2D eigenvalue weighted by molar-refractivity contribution is 1.37. The van der Waals surface area contributed by atoms with E-state index < -0.39 is 0 Å². The number of hydrogen-bond donors (Lipinski definition) is 0. The van der Waals surface area contributed by atoms with Crippen LogP contribution in [0.1, 0.15) is 16.7 Å². The number of hydrogen-bond acceptors (Lipinski definition) is 0. The van der Waals surface area contributed by atoms with Crippen LogP contribution in [-0.4, -0.2) is 0 Å². The van der Waals surface area contributed by atoms with Gasteiger partial charge in [-0.3, -0.25) is 0 Å². The summed E-state index contributed by atoms with van der Waals surface area (Å²) in [5.74, 6) is 2.39. The largest absolute Gasteiger partial charge is 0.0590 e. The summed E-state index contributed by atoms with van der Waals surface area (Å²) in [4.78, 5) is 0. The highest BCUT2D eigenvalue weighted by molar-refractivity contribution is 5.40. The molecular formula is C10H9. The normalized spacial score (nSPS) is 8.90. The smallest absolute Gasteiger partial charge is 0.0287 e. The molecule has 0 N–H and O–H groups in total. The Kier molecular flexibility index (Phi) is 1.78. The van der Waals surface area contributed by atoms with Crippen molar-refractivity contribution in [3.63, 3.8) is 0 Å². The molecule has 0 heteroatoms. The summed E-state index contributed by atoms with van der Waals surface area (Å²) in [6, 6.07) is 6.00. The molecule has 49 valence electrons. The molecular weight excluding hydrogens is 120 g/mol. The Morgan fingerprint density at radius 2 is 2.00 bits per heavy atom. The summed E-state index contributed by atoms with van der Waals surface area (Å²) in [5, 5.41) is 0. The van der Waals surface area contributed by atoms with Crippen molar-refractivity contribution in [2.24, 2.45) is 0 Å². The predicted octanol–water partition coefficient (Wildman–Crippen LogP) is 2.24. The van der Waals surface area contributed by atoms with E-state index in [0.29, 0.717) is 0 Å². The molecule has 1 radical (unpaired) electrons. The van der Waals surface area contributed by atoms with Gasteiger partial charge in [0.25, 0.3) is 0 Å². The van der Waals surface area contributed by atoms with Crippen LogP contribution in [0.3, 0.4) is 0 Å². The zero-order chi connectivity index (χ0) is 7.56. The summed E-state index contributed by atoms with van der Waals surface area (Å²) >= 11 is 0. The number of rotatable bonds is 0. The van der Waals surface area contributed by atoms with Crippen LogP contribution < -0.4 is 0 Å². The summed E-state index contributed by atoms with van der Waals surface area (Å²) in [5.41, 5.74) is 3.18. The molecule has 0 aliphatic rings. The van der Waals surface area contributed by atoms with Gasteiger partial charge in [0.05, 0.1) is 0 Å². The zero-order valence-corrected chi connectivity index (χ0v) is 6.23. The lowest BCUT2D eigenvalue weighted by Crippen LogP contribution is -1.81. The summed E-state index contributed by atoms with van der Waals surface area (Å²) in [6.07, 6.45) is 6.93. The van der Waals surface area contributed by atoms with Gasteiger partial charge >= 0.3 is 0 Å². The minimum Gasteiger partial charge on any atom is -0.0590 e. The molecule has 0 aliphatic heterocycles. The van der Waals surface area contributed by atoms with Gasteiger partial charge in [0.2, 0.25) is 0 Å². The minimum atomic E-state index is 0.889. The van der Waals surface area contributed by atoms with E-state index in [9.17, 15) is 0 Å². The molecule has 0 saturated heterocycles. The lowest BCUT2D eigenvalue weighted by Gasteiger charge is -1.97. The zero-order valence-electron chi connectivity index (χ0n) is 6.23. The van der Waals surface area contributed by atoms with E-state index in [4.69, 9.17) is 6.42 Å². The molecule has 0 amide bonds. The maximum Gasteiger partial charge on any atom is 0.0287 e. The maximum atomic E-state index is 6.93. The van der Waals surface area contributed by atoms with E-state index in [-0.39, 0.29) is 0 Å². The van der Waals surface area contributed by atoms with Gasteiger partial charge in [-0.05, 0) is 37.5 Å². The lowest BCUT2D eigenvalue weighted by atomic mass is 10.1. The third-order valence-corrected chi connectivity index (χ3v) is 1.53. The highest BCUT2D eigenvalue weighted by atomic mass is 14.0. The SMILES string of the molecule is [C]#Cc1cc(C)ccc1C. The molecule has 0 unspecified atom stereocenters. The first kappa shape index (κ1) is 6.89. The Hall–Kier alpha value is -1.22. The van der Waals surface area contributed by atoms with Crippen molar-refractivity contribution >= 4 is 0 Å². The van der Waals surface area contributed by atoms with Gasteiger partial charge in [0.15, 0.2) is 0 Å². The Morgan fingerprint density at radius 3 is 2.50 bits per heavy atom. The minimum absolute atomic E-state index is 0.889. The Morgan fingerprint density at radius 1 is 1.30 bits per heavy atom. The molecule has 1 aromatic carbocycles. The fourth-order valence-electron chi connectivity index (χ4n) is 0.871. The van der Waals surface area contributed by atoms with Gasteiger partial charge in [0, 0.05) is 5.56 Å². The van der Waals surface area contributed by atoms with Gasteiger partial charge in [-0.15, -0.1) is 0 Å². The molecule has 1 rings (SSSR count). The number of benzene rings is 1. The average molecular weight is 129 g/mol. The Balaban J connectivity index is 3.25. The van der Waals surface area contributed by atoms with Crippen LogP contribution in [0.2, 0.25) is 0 Å². The molecule has 0 aromatic heterocycles. The van der Waals surface area contributed by atoms with Crippen LogP contribution in [0.15, 0.2) is 18.2 Å². The van der Waals surface area contributed by atoms with E-state index >= 15 is 0 Å². The van der Waals surface area contributed by atoms with E-state index in [0.717, 1.165) is 11.1 Å². The predicted molar refractivity (Wildman–Crippen MR) is 42.1 cm³/mol. The van der Waals surface area contributed by atoms with Crippen molar-refractivity contribution in [3.8, 4) is 5.92 Å². The van der Waals surface area contributed by atoms with Crippen LogP contribution in [0.5, 0.6) is 0 Å². The van der Waals surface area contributed by atoms with Crippen LogP contribution in [-0.2, 0) is 0 Å². The molecule has 0 atom stereocenters. The van der Waals surface area contributed by atoms with Crippen LogP contribution in [0.25, 0.3) is 0 Å². The second-order valence-corrected chi connectivity index (χ2v) is 2.44. The first-order chi connectivity index (χ1) is 4.74. The third-order valence-electron chi connectivity index (χ3n) is 1.53. The van der Waals surface area contributed by atoms with Crippen LogP contribution in [0, 0.1) is 26.2 Å². The standard InChI is InChI=1S/C10H9/c1-4-10-7-8(2)5-6-9(10)3/h5-7H,2-3H3. The van der Waals surface area contributed by atoms with Gasteiger partial charge in [0.1, 0.15) is 0 Å². The quantitative estimate of drug-likeness (QED) is 0.471. The molecule has 0 fully saturated rings. The van der Waals surface area contributed by atoms with Gasteiger partial charge in [-0.25, -0.2) is 0 Å². The first-order valence-electron chi connectivity index (χ1n) is 3.24. The van der Waals surface area contributed by atoms with E-state index in [1.165, 1.54) is 5.56 Å². The van der Waals surface area contributed by atoms with E-state index in [1.807, 2.05) is 32.0 Å². The molecule has 0 heterocycles. The summed E-state index contributed by atoms with van der Waals surface area (Å²) in [6.45, 7) is 4.00. The van der Waals surface area contributed by atoms with Crippen molar-refractivity contribution < 1.29 is 0 Å². The van der Waals surface area contributed by atoms with Crippen LogP contribution >= 0.6 is 0 Å². The third kappa shape index (κ3) is 1.19. The van der Waals surface area contributed by atoms with Crippen molar-refractivity contribution in [2.45, 2.75) is 13.8 Å². The second kappa shape index (κ2) is 2.58. The van der Waals surface area contributed by atoms with Gasteiger partial charge in [-0.2, -0.15) is 0 Å². The van der Waals surface area contributed by atoms with Crippen molar-refractivity contribution in [1.82, 2.24) is 0 Å². The fourth-order valence-corrected chi connectivity index (χ4v) is 0.871. The Bertz CT molecular complexity index is 277. The highest BCUT2D eigenvalue weighted by Crippen LogP contribution is 2.08. The summed E-state index contributed by atoms with van der Waals surface area (Å²) in [7, 11) is 0. The van der Waals surface area contributed by atoms with Gasteiger partial charge in [-0.1, -0.05) is 18.1 Å². The average Bonchev–Trinajstić information content (AvgIpc) is 1.94. The first-order valence-corrected chi connectivity index (χ1v) is 3.24.